The van der Waals surface area contributed by atoms with Gasteiger partial charge in [-0.2, -0.15) is 13.2 Å². The van der Waals surface area contributed by atoms with Gasteiger partial charge in [0.15, 0.2) is 0 Å². The molecular formula is C26H28F3N5O4. The van der Waals surface area contributed by atoms with Gasteiger partial charge in [0.2, 0.25) is 5.91 Å². The van der Waals surface area contributed by atoms with Crippen LogP contribution in [0.5, 0.6) is 11.5 Å². The molecule has 2 amide bonds. The molecule has 0 bridgehead atoms. The standard InChI is InChI=1S/C26H28F3N5O4/c1-4-31-13-18(12-30)23(36)34-25(9-10-25)24(37)33-15(2)21-7-6-19(14-32-21)38-22-8-5-17(16(3)35)11-20(22)26(27,28)29/h4-8,11-16,35H,1,9-10,30H2,2-3H3,(H,33,37)(H,34,36)/b18-12+,31-13?. The third-order valence-electron chi connectivity index (χ3n) is 5.87. The molecule has 38 heavy (non-hydrogen) atoms. The molecule has 3 rings (SSSR count). The lowest BCUT2D eigenvalue weighted by Gasteiger charge is -2.21. The molecule has 0 spiro atoms. The van der Waals surface area contributed by atoms with Crippen LogP contribution >= 0.6 is 0 Å². The molecule has 12 heteroatoms. The number of ether oxygens (including phenoxy) is 1. The summed E-state index contributed by atoms with van der Waals surface area (Å²) in [6.45, 7) is 6.47. The normalized spacial score (nSPS) is 16.4. The van der Waals surface area contributed by atoms with Crippen molar-refractivity contribution < 1.29 is 32.6 Å². The van der Waals surface area contributed by atoms with Crippen LogP contribution in [0, 0.1) is 0 Å². The average molecular weight is 532 g/mol. The number of rotatable bonds is 10. The molecule has 1 fully saturated rings. The summed E-state index contributed by atoms with van der Waals surface area (Å²) >= 11 is 0. The van der Waals surface area contributed by atoms with Crippen molar-refractivity contribution in [3.63, 3.8) is 0 Å². The van der Waals surface area contributed by atoms with E-state index in [0.29, 0.717) is 18.5 Å². The highest BCUT2D eigenvalue weighted by Crippen LogP contribution is 2.40. The van der Waals surface area contributed by atoms with Crippen LogP contribution in [0.3, 0.4) is 0 Å². The average Bonchev–Trinajstić information content (AvgIpc) is 3.65. The Bertz CT molecular complexity index is 1250. The van der Waals surface area contributed by atoms with E-state index >= 15 is 0 Å². The minimum absolute atomic E-state index is 0.0517. The fourth-order valence-corrected chi connectivity index (χ4v) is 3.50. The molecule has 2 unspecified atom stereocenters. The molecule has 5 N–H and O–H groups in total. The Morgan fingerprint density at radius 3 is 2.50 bits per heavy atom. The van der Waals surface area contributed by atoms with Crippen molar-refractivity contribution in [2.75, 3.05) is 0 Å². The number of aromatic nitrogens is 1. The molecule has 1 aromatic carbocycles. The number of alkyl halides is 3. The summed E-state index contributed by atoms with van der Waals surface area (Å²) in [5.41, 5.74) is 3.95. The first kappa shape index (κ1) is 28.4. The number of nitrogens with zero attached hydrogens (tertiary/aromatic N) is 2. The van der Waals surface area contributed by atoms with E-state index < -0.39 is 47.0 Å². The van der Waals surface area contributed by atoms with Crippen molar-refractivity contribution in [3.05, 3.63) is 77.9 Å². The fourth-order valence-electron chi connectivity index (χ4n) is 3.50. The molecule has 0 aliphatic heterocycles. The van der Waals surface area contributed by atoms with Gasteiger partial charge in [0.05, 0.1) is 35.2 Å². The summed E-state index contributed by atoms with van der Waals surface area (Å²) < 4.78 is 46.0. The van der Waals surface area contributed by atoms with Crippen molar-refractivity contribution in [1.29, 1.82) is 0 Å². The Labute approximate surface area is 217 Å². The topological polar surface area (TPSA) is 139 Å². The Kier molecular flexibility index (Phi) is 8.56. The molecular weight excluding hydrogens is 503 g/mol. The monoisotopic (exact) mass is 531 g/mol. The second-order valence-corrected chi connectivity index (χ2v) is 8.76. The molecule has 0 saturated heterocycles. The highest BCUT2D eigenvalue weighted by Gasteiger charge is 2.51. The zero-order chi connectivity index (χ0) is 28.1. The number of amides is 2. The zero-order valence-corrected chi connectivity index (χ0v) is 20.7. The molecule has 1 aliphatic carbocycles. The van der Waals surface area contributed by atoms with E-state index in [0.717, 1.165) is 18.3 Å². The number of hydrogen-bond donors (Lipinski definition) is 4. The molecule has 1 aromatic heterocycles. The third kappa shape index (κ3) is 6.76. The minimum atomic E-state index is -4.69. The summed E-state index contributed by atoms with van der Waals surface area (Å²) in [5.74, 6) is -1.35. The number of halogens is 3. The predicted molar refractivity (Wildman–Crippen MR) is 134 cm³/mol. The van der Waals surface area contributed by atoms with E-state index in [9.17, 15) is 27.9 Å². The van der Waals surface area contributed by atoms with Crippen LogP contribution < -0.4 is 21.1 Å². The van der Waals surface area contributed by atoms with Crippen LogP contribution in [0.25, 0.3) is 0 Å². The summed E-state index contributed by atoms with van der Waals surface area (Å²) in [7, 11) is 0. The summed E-state index contributed by atoms with van der Waals surface area (Å²) in [6.07, 6.45) is -0.114. The smallest absolute Gasteiger partial charge is 0.419 e. The molecule has 2 aromatic rings. The van der Waals surface area contributed by atoms with Gasteiger partial charge in [0.25, 0.3) is 5.91 Å². The first-order valence-electron chi connectivity index (χ1n) is 11.6. The van der Waals surface area contributed by atoms with Gasteiger partial charge in [-0.1, -0.05) is 12.6 Å². The van der Waals surface area contributed by atoms with Crippen LogP contribution in [0.4, 0.5) is 13.2 Å². The van der Waals surface area contributed by atoms with Crippen LogP contribution in [0.15, 0.2) is 66.1 Å². The molecule has 9 nitrogen and oxygen atoms in total. The van der Waals surface area contributed by atoms with Crippen molar-refractivity contribution in [2.24, 2.45) is 10.7 Å². The van der Waals surface area contributed by atoms with Crippen LogP contribution in [0.1, 0.15) is 55.7 Å². The number of benzene rings is 1. The Morgan fingerprint density at radius 2 is 1.97 bits per heavy atom. The number of nitrogens with one attached hydrogen (secondary N) is 2. The summed E-state index contributed by atoms with van der Waals surface area (Å²) in [5, 5.41) is 15.1. The van der Waals surface area contributed by atoms with Gasteiger partial charge in [0.1, 0.15) is 17.0 Å². The number of aliphatic hydroxyl groups is 1. The molecule has 1 aliphatic rings. The molecule has 0 radical (unpaired) electrons. The number of nitrogens with two attached hydrogens (primary N) is 1. The quantitative estimate of drug-likeness (QED) is 0.272. The van der Waals surface area contributed by atoms with Crippen LogP contribution in [0.2, 0.25) is 0 Å². The number of hydrogen-bond acceptors (Lipinski definition) is 7. The van der Waals surface area contributed by atoms with Crippen molar-refractivity contribution in [1.82, 2.24) is 15.6 Å². The number of pyridine rings is 1. The van der Waals surface area contributed by atoms with E-state index in [1.54, 1.807) is 6.92 Å². The highest BCUT2D eigenvalue weighted by atomic mass is 19.4. The Hall–Kier alpha value is -4.19. The maximum Gasteiger partial charge on any atom is 0.419 e. The van der Waals surface area contributed by atoms with Crippen molar-refractivity contribution >= 4 is 18.0 Å². The van der Waals surface area contributed by atoms with Gasteiger partial charge in [-0.25, -0.2) is 0 Å². The Morgan fingerprint density at radius 1 is 1.26 bits per heavy atom. The molecule has 202 valence electrons. The molecule has 2 atom stereocenters. The first-order valence-corrected chi connectivity index (χ1v) is 11.6. The lowest BCUT2D eigenvalue weighted by Crippen LogP contribution is -2.50. The van der Waals surface area contributed by atoms with Gasteiger partial charge >= 0.3 is 6.18 Å². The minimum Gasteiger partial charge on any atom is -0.455 e. The molecule has 1 saturated carbocycles. The van der Waals surface area contributed by atoms with Gasteiger partial charge in [-0.05, 0) is 56.5 Å². The lowest BCUT2D eigenvalue weighted by molar-refractivity contribution is -0.138. The van der Waals surface area contributed by atoms with E-state index in [2.05, 4.69) is 27.2 Å². The zero-order valence-electron chi connectivity index (χ0n) is 20.7. The number of carbonyl (C=O) groups excluding carboxylic acids is 2. The van der Waals surface area contributed by atoms with Gasteiger partial charge in [-0.3, -0.25) is 19.6 Å². The van der Waals surface area contributed by atoms with Crippen molar-refractivity contribution in [2.45, 2.75) is 50.6 Å². The molecule has 1 heterocycles. The number of aliphatic imine (C=N–C) groups is 1. The van der Waals surface area contributed by atoms with Crippen molar-refractivity contribution in [3.8, 4) is 11.5 Å². The van der Waals surface area contributed by atoms with Gasteiger partial charge < -0.3 is 26.2 Å². The SMILES string of the molecule is C=CN=C/C(=C\N)C(=O)NC1(C(=O)NC(C)c2ccc(Oc3ccc(C(C)O)cc3C(F)(F)F)cn2)CC1. The van der Waals surface area contributed by atoms with E-state index in [-0.39, 0.29) is 16.9 Å². The number of aliphatic hydroxyl groups excluding tert-OH is 1. The summed E-state index contributed by atoms with van der Waals surface area (Å²) in [4.78, 5) is 33.3. The maximum absolute atomic E-state index is 13.5. The van der Waals surface area contributed by atoms with Gasteiger partial charge in [-0.15, -0.1) is 0 Å². The third-order valence-corrected chi connectivity index (χ3v) is 5.87. The van der Waals surface area contributed by atoms with Gasteiger partial charge in [0, 0.05) is 18.6 Å². The highest BCUT2D eigenvalue weighted by molar-refractivity contribution is 6.13. The van der Waals surface area contributed by atoms with Crippen LogP contribution in [-0.2, 0) is 15.8 Å². The maximum atomic E-state index is 13.5. The Balaban J connectivity index is 1.67. The van der Waals surface area contributed by atoms with E-state index in [4.69, 9.17) is 10.5 Å². The predicted octanol–water partition coefficient (Wildman–Crippen LogP) is 3.83. The van der Waals surface area contributed by atoms with E-state index in [1.807, 2.05) is 0 Å². The number of carbonyl (C=O) groups is 2. The van der Waals surface area contributed by atoms with Crippen LogP contribution in [-0.4, -0.2) is 33.7 Å². The second-order valence-electron chi connectivity index (χ2n) is 8.76. The second kappa shape index (κ2) is 11.5. The largest absolute Gasteiger partial charge is 0.455 e. The lowest BCUT2D eigenvalue weighted by atomic mass is 10.1. The van der Waals surface area contributed by atoms with E-state index in [1.165, 1.54) is 43.7 Å². The summed E-state index contributed by atoms with van der Waals surface area (Å²) in [6, 6.07) is 5.69. The fraction of sp³-hybridized carbons (Fsp3) is 0.308. The first-order chi connectivity index (χ1) is 17.9.